The molecule has 258 valence electrons. The summed E-state index contributed by atoms with van der Waals surface area (Å²) in [5.74, 6) is 0.0197. The van der Waals surface area contributed by atoms with Gasteiger partial charge in [0, 0.05) is 52.3 Å². The van der Waals surface area contributed by atoms with Crippen molar-refractivity contribution in [3.8, 4) is 24.0 Å². The van der Waals surface area contributed by atoms with Gasteiger partial charge in [-0.3, -0.25) is 0 Å². The first-order chi connectivity index (χ1) is 24.1. The Bertz CT molecular complexity index is 1880. The van der Waals surface area contributed by atoms with E-state index >= 15 is 0 Å². The number of unbranched alkanes of at least 4 members (excludes halogenated alkanes) is 2. The average molecular weight is 699 g/mol. The molecule has 2 aromatic carbocycles. The second kappa shape index (κ2) is 17.4. The first-order valence-electron chi connectivity index (χ1n) is 16.2. The molecule has 2 heterocycles. The first kappa shape index (κ1) is 37.5. The Kier molecular flexibility index (Phi) is 13.1. The largest absolute Gasteiger partial charge is 0.488 e. The van der Waals surface area contributed by atoms with Crippen LogP contribution in [0.4, 0.5) is 18.9 Å². The number of nitrogens with zero attached hydrogens (tertiary/aromatic N) is 4. The molecule has 3 aromatic rings. The fourth-order valence-corrected chi connectivity index (χ4v) is 6.09. The number of anilines is 1. The molecule has 0 radical (unpaired) electrons. The maximum atomic E-state index is 14.2. The van der Waals surface area contributed by atoms with Crippen molar-refractivity contribution < 1.29 is 27.8 Å². The van der Waals surface area contributed by atoms with Crippen LogP contribution in [0.3, 0.4) is 0 Å². The molecule has 1 aliphatic heterocycles. The third-order valence-corrected chi connectivity index (χ3v) is 9.14. The highest BCUT2D eigenvalue weighted by atomic mass is 32.1. The summed E-state index contributed by atoms with van der Waals surface area (Å²) in [5, 5.41) is 37.5. The SMILES string of the molecule is CCCCN(CCCCO)c1ccc(C=Cc2ccc(C=CC3=C(C#N)C(=C(C#N)C#N)OC3(C)C(F)(F)F)s2)c(OCc2ccccc2)c1. The molecule has 4 rings (SSSR count). The van der Waals surface area contributed by atoms with E-state index in [9.17, 15) is 34.1 Å². The third-order valence-electron chi connectivity index (χ3n) is 8.13. The van der Waals surface area contributed by atoms with Gasteiger partial charge in [-0.2, -0.15) is 29.0 Å². The zero-order chi connectivity index (χ0) is 36.1. The summed E-state index contributed by atoms with van der Waals surface area (Å²) in [7, 11) is 0. The summed E-state index contributed by atoms with van der Waals surface area (Å²) < 4.78 is 54.0. The van der Waals surface area contributed by atoms with Gasteiger partial charge in [-0.25, -0.2) is 0 Å². The molecule has 0 bridgehead atoms. The molecule has 0 amide bonds. The van der Waals surface area contributed by atoms with Gasteiger partial charge >= 0.3 is 6.18 Å². The molecule has 1 N–H and O–H groups in total. The van der Waals surface area contributed by atoms with Gasteiger partial charge in [0.1, 0.15) is 36.1 Å². The minimum absolute atomic E-state index is 0.154. The maximum Gasteiger partial charge on any atom is 0.432 e. The number of nitriles is 3. The van der Waals surface area contributed by atoms with E-state index in [2.05, 4.69) is 17.9 Å². The monoisotopic (exact) mass is 698 g/mol. The van der Waals surface area contributed by atoms with Crippen LogP contribution in [-0.2, 0) is 11.3 Å². The molecule has 50 heavy (non-hydrogen) atoms. The van der Waals surface area contributed by atoms with E-state index in [0.29, 0.717) is 17.2 Å². The summed E-state index contributed by atoms with van der Waals surface area (Å²) in [6.45, 7) is 5.15. The number of hydrogen-bond acceptors (Lipinski definition) is 8. The van der Waals surface area contributed by atoms with E-state index in [1.165, 1.54) is 29.6 Å². The normalized spacial score (nSPS) is 15.9. The number of aliphatic hydroxyl groups is 1. The van der Waals surface area contributed by atoms with Crippen LogP contribution < -0.4 is 9.64 Å². The molecule has 0 saturated heterocycles. The fourth-order valence-electron chi connectivity index (χ4n) is 5.27. The summed E-state index contributed by atoms with van der Waals surface area (Å²) in [4.78, 5) is 3.75. The fraction of sp³-hybridized carbons (Fsp3) is 0.308. The van der Waals surface area contributed by atoms with E-state index < -0.39 is 34.3 Å². The lowest BCUT2D eigenvalue weighted by Gasteiger charge is -2.28. The number of allylic oxidation sites excluding steroid dienone is 2. The van der Waals surface area contributed by atoms with Crippen molar-refractivity contribution in [2.45, 2.75) is 57.9 Å². The summed E-state index contributed by atoms with van der Waals surface area (Å²) in [5.41, 5.74) is -1.72. The van der Waals surface area contributed by atoms with Crippen molar-refractivity contribution in [3.63, 3.8) is 0 Å². The van der Waals surface area contributed by atoms with Crippen molar-refractivity contribution >= 4 is 35.3 Å². The van der Waals surface area contributed by atoms with E-state index in [4.69, 9.17) is 9.47 Å². The molecule has 0 saturated carbocycles. The van der Waals surface area contributed by atoms with Crippen LogP contribution in [0.15, 0.2) is 89.2 Å². The lowest BCUT2D eigenvalue weighted by Crippen LogP contribution is -2.43. The van der Waals surface area contributed by atoms with Gasteiger partial charge in [0.2, 0.25) is 5.60 Å². The number of halogens is 3. The summed E-state index contributed by atoms with van der Waals surface area (Å²) >= 11 is 1.33. The second-order valence-electron chi connectivity index (χ2n) is 11.6. The molecular weight excluding hydrogens is 662 g/mol. The van der Waals surface area contributed by atoms with Crippen molar-refractivity contribution in [2.75, 3.05) is 24.6 Å². The lowest BCUT2D eigenvalue weighted by atomic mass is 9.92. The first-order valence-corrected chi connectivity index (χ1v) is 17.0. The zero-order valence-corrected chi connectivity index (χ0v) is 28.7. The van der Waals surface area contributed by atoms with Crippen LogP contribution >= 0.6 is 11.3 Å². The van der Waals surface area contributed by atoms with E-state index in [1.807, 2.05) is 60.7 Å². The smallest absolute Gasteiger partial charge is 0.432 e. The minimum atomic E-state index is -4.93. The number of aliphatic hydroxyl groups excluding tert-OH is 1. The van der Waals surface area contributed by atoms with E-state index in [0.717, 1.165) is 73.5 Å². The number of rotatable bonds is 15. The predicted molar refractivity (Wildman–Crippen MR) is 189 cm³/mol. The number of benzene rings is 2. The Balaban J connectivity index is 1.63. The molecule has 1 aromatic heterocycles. The van der Waals surface area contributed by atoms with Crippen molar-refractivity contribution in [3.05, 3.63) is 110 Å². The van der Waals surface area contributed by atoms with Crippen LogP contribution in [-0.4, -0.2) is 36.6 Å². The predicted octanol–water partition coefficient (Wildman–Crippen LogP) is 9.36. The van der Waals surface area contributed by atoms with Crippen LogP contribution in [0, 0.1) is 34.0 Å². The van der Waals surface area contributed by atoms with Crippen molar-refractivity contribution in [1.82, 2.24) is 0 Å². The summed E-state index contributed by atoms with van der Waals surface area (Å²) in [6.07, 6.45) is 5.19. The molecule has 11 heteroatoms. The molecule has 1 aliphatic rings. The highest BCUT2D eigenvalue weighted by Gasteiger charge is 2.60. The molecule has 0 fully saturated rings. The van der Waals surface area contributed by atoms with Crippen molar-refractivity contribution in [2.24, 2.45) is 0 Å². The lowest BCUT2D eigenvalue weighted by molar-refractivity contribution is -0.236. The quantitative estimate of drug-likeness (QED) is 0.124. The molecule has 0 spiro atoms. The number of hydrogen-bond donors (Lipinski definition) is 1. The topological polar surface area (TPSA) is 113 Å². The van der Waals surface area contributed by atoms with Gasteiger partial charge in [-0.15, -0.1) is 11.3 Å². The Labute approximate surface area is 294 Å². The van der Waals surface area contributed by atoms with E-state index in [1.54, 1.807) is 12.1 Å². The molecule has 1 atom stereocenters. The second-order valence-corrected chi connectivity index (χ2v) is 12.8. The molecule has 0 aliphatic carbocycles. The number of alkyl halides is 3. The third kappa shape index (κ3) is 9.03. The number of thiophene rings is 1. The Hall–Kier alpha value is -5.28. The van der Waals surface area contributed by atoms with Crippen LogP contribution in [0.1, 0.15) is 60.4 Å². The summed E-state index contributed by atoms with van der Waals surface area (Å²) in [6, 6.07) is 24.2. The Morgan fingerprint density at radius 1 is 0.940 bits per heavy atom. The van der Waals surface area contributed by atoms with Gasteiger partial charge in [-0.05, 0) is 74.2 Å². The van der Waals surface area contributed by atoms with Gasteiger partial charge in [0.05, 0.1) is 0 Å². The highest BCUT2D eigenvalue weighted by molar-refractivity contribution is 7.13. The Morgan fingerprint density at radius 2 is 1.62 bits per heavy atom. The van der Waals surface area contributed by atoms with Crippen LogP contribution in [0.2, 0.25) is 0 Å². The number of ether oxygens (including phenoxy) is 2. The van der Waals surface area contributed by atoms with Gasteiger partial charge in [-0.1, -0.05) is 49.8 Å². The van der Waals surface area contributed by atoms with Gasteiger partial charge < -0.3 is 19.5 Å². The van der Waals surface area contributed by atoms with Crippen molar-refractivity contribution in [1.29, 1.82) is 15.8 Å². The minimum Gasteiger partial charge on any atom is -0.488 e. The van der Waals surface area contributed by atoms with Crippen LogP contribution in [0.25, 0.3) is 18.2 Å². The maximum absolute atomic E-state index is 14.2. The van der Waals surface area contributed by atoms with Gasteiger partial charge in [0.15, 0.2) is 11.3 Å². The molecule has 7 nitrogen and oxygen atoms in total. The standard InChI is InChI=1S/C39H37F3N4O3S/c1-3-4-20-46(21-8-9-22-47)31-14-12-29(36(23-31)48-27-28-10-6-5-7-11-28)13-15-32-16-17-33(50-32)18-19-35-34(26-45)37(30(24-43)25-44)49-38(35,2)39(40,41)42/h5-7,10-19,23,47H,3-4,8-9,20-22,27H2,1-2H3. The molecular formula is C39H37F3N4O3S. The van der Waals surface area contributed by atoms with E-state index in [-0.39, 0.29) is 6.61 Å². The average Bonchev–Trinajstić information content (AvgIpc) is 3.69. The Morgan fingerprint density at radius 3 is 2.24 bits per heavy atom. The van der Waals surface area contributed by atoms with Crippen LogP contribution in [0.5, 0.6) is 5.75 Å². The highest BCUT2D eigenvalue weighted by Crippen LogP contribution is 2.49. The van der Waals surface area contributed by atoms with Gasteiger partial charge in [0.25, 0.3) is 0 Å². The molecule has 1 unspecified atom stereocenters. The zero-order valence-electron chi connectivity index (χ0n) is 27.8.